The van der Waals surface area contributed by atoms with Gasteiger partial charge in [-0.05, 0) is 51.7 Å². The van der Waals surface area contributed by atoms with Crippen LogP contribution in [-0.2, 0) is 0 Å². The van der Waals surface area contributed by atoms with Crippen LogP contribution in [0.15, 0.2) is 60.1 Å². The molecule has 5 N–H and O–H groups in total. The normalized spacial score (nSPS) is 12.2. The minimum absolute atomic E-state index is 0.394. The highest BCUT2D eigenvalue weighted by molar-refractivity contribution is 7.65. The molecule has 0 saturated heterocycles. The van der Waals surface area contributed by atoms with Crippen molar-refractivity contribution in [3.8, 4) is 5.75 Å². The molecule has 0 unspecified atom stereocenters. The number of aromatic amines is 1. The zero-order chi connectivity index (χ0) is 32.1. The number of aliphatic imine (C=N–C) groups is 1. The summed E-state index contributed by atoms with van der Waals surface area (Å²) in [6.45, 7) is 6.10. The molecule has 45 heavy (non-hydrogen) atoms. The molecule has 0 bridgehead atoms. The summed E-state index contributed by atoms with van der Waals surface area (Å²) in [4.78, 5) is 30.7. The Morgan fingerprint density at radius 3 is 2.56 bits per heavy atom. The van der Waals surface area contributed by atoms with Crippen molar-refractivity contribution in [2.24, 2.45) is 10.7 Å². The molecule has 5 rings (SSSR count). The zero-order valence-electron chi connectivity index (χ0n) is 26.8. The molecule has 0 saturated carbocycles. The fourth-order valence-corrected chi connectivity index (χ4v) is 6.32. The molecule has 5 aromatic rings. The van der Waals surface area contributed by atoms with E-state index in [-0.39, 0.29) is 0 Å². The lowest BCUT2D eigenvalue weighted by Crippen LogP contribution is -2.29. The summed E-state index contributed by atoms with van der Waals surface area (Å²) >= 11 is 0. The number of hydrogen-bond donors (Lipinski definition) is 4. The first-order chi connectivity index (χ1) is 21.7. The van der Waals surface area contributed by atoms with Crippen LogP contribution < -0.4 is 31.3 Å². The molecule has 0 amide bonds. The number of benzene rings is 2. The van der Waals surface area contributed by atoms with Crippen LogP contribution in [-0.4, -0.2) is 97.8 Å². The highest BCUT2D eigenvalue weighted by Gasteiger charge is 2.19. The minimum atomic E-state index is -0.510. The largest absolute Gasteiger partial charge is 0.494 e. The second-order valence-electron chi connectivity index (χ2n) is 11.0. The molecule has 12 nitrogen and oxygen atoms in total. The average molecular weight is 626 g/mol. The lowest BCUT2D eigenvalue weighted by atomic mass is 10.0. The van der Waals surface area contributed by atoms with Gasteiger partial charge in [0.2, 0.25) is 5.95 Å². The molecule has 0 aliphatic carbocycles. The van der Waals surface area contributed by atoms with Crippen LogP contribution in [0.1, 0.15) is 5.56 Å². The molecule has 0 aliphatic rings. The van der Waals surface area contributed by atoms with E-state index in [1.807, 2.05) is 36.5 Å². The Bertz CT molecular complexity index is 1870. The van der Waals surface area contributed by atoms with Crippen molar-refractivity contribution in [2.75, 3.05) is 77.3 Å². The van der Waals surface area contributed by atoms with Crippen LogP contribution in [0.25, 0.3) is 27.6 Å². The number of ether oxygens (including phenoxy) is 1. The molecule has 0 radical (unpaired) electrons. The number of nitrogens with zero attached hydrogens (tertiary/aromatic N) is 7. The number of allylic oxidation sites excluding steroid dienone is 1. The van der Waals surface area contributed by atoms with Gasteiger partial charge in [0, 0.05) is 92.1 Å². The zero-order valence-corrected chi connectivity index (χ0v) is 27.6. The number of hydrogen-bond acceptors (Lipinski definition) is 11. The topological polar surface area (TPSA) is 146 Å². The van der Waals surface area contributed by atoms with Gasteiger partial charge in [-0.3, -0.25) is 15.0 Å². The molecule has 13 heteroatoms. The Kier molecular flexibility index (Phi) is 9.75. The van der Waals surface area contributed by atoms with Gasteiger partial charge in [-0.2, -0.15) is 9.97 Å². The van der Waals surface area contributed by atoms with Crippen molar-refractivity contribution in [3.05, 3.63) is 60.7 Å². The number of aromatic nitrogens is 5. The van der Waals surface area contributed by atoms with Crippen LogP contribution in [0.2, 0.25) is 0 Å². The first-order valence-electron chi connectivity index (χ1n) is 14.5. The van der Waals surface area contributed by atoms with Gasteiger partial charge in [0.25, 0.3) is 0 Å². The molecule has 0 spiro atoms. The predicted molar refractivity (Wildman–Crippen MR) is 190 cm³/mol. The molecular formula is C32H40N11OP. The van der Waals surface area contributed by atoms with Gasteiger partial charge in [0.05, 0.1) is 29.2 Å². The van der Waals surface area contributed by atoms with Gasteiger partial charge in [0.1, 0.15) is 17.2 Å². The van der Waals surface area contributed by atoms with Crippen molar-refractivity contribution < 1.29 is 4.74 Å². The SMILES string of the molecule is CN=CC(=CN)c1cc(Nc2nc(Nc3ccc4nccnc4c3P(C)C)c3cc[nH]c3n2)c(OC)cc1N(C)CCN(C)C. The summed E-state index contributed by atoms with van der Waals surface area (Å²) in [5.41, 5.74) is 12.8. The van der Waals surface area contributed by atoms with Crippen molar-refractivity contribution in [1.29, 1.82) is 0 Å². The second kappa shape index (κ2) is 13.9. The smallest absolute Gasteiger partial charge is 0.231 e. The summed E-state index contributed by atoms with van der Waals surface area (Å²) in [5, 5.41) is 8.99. The Hall–Kier alpha value is -4.80. The molecule has 3 heterocycles. The Morgan fingerprint density at radius 1 is 1.04 bits per heavy atom. The van der Waals surface area contributed by atoms with Crippen molar-refractivity contribution >= 4 is 75.9 Å². The van der Waals surface area contributed by atoms with Crippen molar-refractivity contribution in [1.82, 2.24) is 29.8 Å². The van der Waals surface area contributed by atoms with Crippen molar-refractivity contribution in [3.63, 3.8) is 0 Å². The van der Waals surface area contributed by atoms with E-state index in [4.69, 9.17) is 20.4 Å². The average Bonchev–Trinajstić information content (AvgIpc) is 3.51. The summed E-state index contributed by atoms with van der Waals surface area (Å²) in [7, 11) is 9.03. The summed E-state index contributed by atoms with van der Waals surface area (Å²) in [6.07, 6.45) is 8.62. The standard InChI is InChI=1S/C32H40N11OP/c1-34-19-20(18-33)22-16-25(27(44-5)17-26(22)43(4)15-14-42(2)3)39-32-40-30-21(10-11-37-30)31(41-32)38-24-9-8-23-28(29(24)45(6)7)36-13-12-35-23/h8-13,16-19H,14-15,33H2,1-7H3,(H3,37,38,39,40,41). The Labute approximate surface area is 264 Å². The number of methoxy groups -OCH3 is 1. The van der Waals surface area contributed by atoms with E-state index in [1.54, 1.807) is 39.0 Å². The van der Waals surface area contributed by atoms with E-state index in [2.05, 4.69) is 74.9 Å². The molecule has 0 fully saturated rings. The van der Waals surface area contributed by atoms with E-state index in [0.29, 0.717) is 28.9 Å². The lowest BCUT2D eigenvalue weighted by molar-refractivity contribution is 0.413. The van der Waals surface area contributed by atoms with E-state index < -0.39 is 7.92 Å². The first kappa shape index (κ1) is 31.6. The Morgan fingerprint density at radius 2 is 1.84 bits per heavy atom. The van der Waals surface area contributed by atoms with E-state index in [9.17, 15) is 0 Å². The number of nitrogens with one attached hydrogen (secondary N) is 3. The van der Waals surface area contributed by atoms with Gasteiger partial charge in [-0.15, -0.1) is 0 Å². The third-order valence-corrected chi connectivity index (χ3v) is 8.69. The Balaban J connectivity index is 1.58. The predicted octanol–water partition coefficient (Wildman–Crippen LogP) is 4.76. The maximum atomic E-state index is 6.09. The van der Waals surface area contributed by atoms with Crippen LogP contribution in [0.4, 0.5) is 28.8 Å². The molecular weight excluding hydrogens is 585 g/mol. The van der Waals surface area contributed by atoms with E-state index >= 15 is 0 Å². The van der Waals surface area contributed by atoms with Gasteiger partial charge in [0.15, 0.2) is 0 Å². The third-order valence-electron chi connectivity index (χ3n) is 7.35. The molecule has 3 aromatic heterocycles. The van der Waals surface area contributed by atoms with Crippen LogP contribution in [0.3, 0.4) is 0 Å². The third kappa shape index (κ3) is 6.82. The molecule has 2 aromatic carbocycles. The fourth-order valence-electron chi connectivity index (χ4n) is 5.11. The fraction of sp³-hybridized carbons (Fsp3) is 0.281. The van der Waals surface area contributed by atoms with E-state index in [0.717, 1.165) is 57.3 Å². The number of nitrogens with two attached hydrogens (primary N) is 1. The maximum Gasteiger partial charge on any atom is 0.231 e. The van der Waals surface area contributed by atoms with Gasteiger partial charge < -0.3 is 35.9 Å². The monoisotopic (exact) mass is 625 g/mol. The van der Waals surface area contributed by atoms with Crippen LogP contribution in [0.5, 0.6) is 5.75 Å². The van der Waals surface area contributed by atoms with Gasteiger partial charge in [-0.25, -0.2) is 0 Å². The minimum Gasteiger partial charge on any atom is -0.494 e. The van der Waals surface area contributed by atoms with E-state index in [1.165, 1.54) is 0 Å². The lowest BCUT2D eigenvalue weighted by Gasteiger charge is -2.26. The number of rotatable bonds is 12. The molecule has 234 valence electrons. The van der Waals surface area contributed by atoms with Gasteiger partial charge >= 0.3 is 0 Å². The number of anilines is 5. The van der Waals surface area contributed by atoms with Crippen LogP contribution in [0, 0.1) is 0 Å². The molecule has 0 aliphatic heterocycles. The quantitative estimate of drug-likeness (QED) is 0.113. The highest BCUT2D eigenvalue weighted by atomic mass is 31.1. The number of fused-ring (bicyclic) bond motifs is 2. The van der Waals surface area contributed by atoms with Gasteiger partial charge in [-0.1, -0.05) is 7.92 Å². The number of likely N-dealkylation sites (N-methyl/N-ethyl adjacent to an activating group) is 2. The first-order valence-corrected chi connectivity index (χ1v) is 16.7. The van der Waals surface area contributed by atoms with Crippen LogP contribution >= 0.6 is 7.92 Å². The summed E-state index contributed by atoms with van der Waals surface area (Å²) < 4.78 is 5.87. The number of H-pyrrole nitrogens is 1. The molecule has 0 atom stereocenters. The summed E-state index contributed by atoms with van der Waals surface area (Å²) in [6, 6.07) is 9.98. The second-order valence-corrected chi connectivity index (χ2v) is 13.2. The highest BCUT2D eigenvalue weighted by Crippen LogP contribution is 2.38. The summed E-state index contributed by atoms with van der Waals surface area (Å²) in [5.74, 6) is 1.69. The van der Waals surface area contributed by atoms with Crippen molar-refractivity contribution in [2.45, 2.75) is 0 Å². The maximum absolute atomic E-state index is 6.09.